The van der Waals surface area contributed by atoms with E-state index in [0.29, 0.717) is 55.7 Å². The number of anilines is 1. The molecule has 1 saturated carbocycles. The van der Waals surface area contributed by atoms with Crippen LogP contribution in [0.3, 0.4) is 0 Å². The van der Waals surface area contributed by atoms with E-state index in [0.717, 1.165) is 38.5 Å². The van der Waals surface area contributed by atoms with Crippen LogP contribution in [0.2, 0.25) is 5.02 Å². The molecule has 9 nitrogen and oxygen atoms in total. The Kier molecular flexibility index (Phi) is 6.85. The van der Waals surface area contributed by atoms with E-state index in [9.17, 15) is 18.0 Å². The number of carbonyl (C=O) groups is 2. The maximum absolute atomic E-state index is 13.4. The highest BCUT2D eigenvalue weighted by Gasteiger charge is 2.45. The SMILES string of the molecule is O=C1CCC2(CC2)COC(=O)N2CCC(C2)CN2CC3(CCCc4cc(Cl)ccc43)COc3ccc(cc32)S(=O)(=O)N1. The van der Waals surface area contributed by atoms with Crippen molar-refractivity contribution in [3.63, 3.8) is 0 Å². The molecule has 3 aliphatic heterocycles. The average Bonchev–Trinajstić information content (AvgIpc) is 3.62. The summed E-state index contributed by atoms with van der Waals surface area (Å²) in [6, 6.07) is 10.9. The molecule has 2 aromatic rings. The lowest BCUT2D eigenvalue weighted by molar-refractivity contribution is -0.119. The summed E-state index contributed by atoms with van der Waals surface area (Å²) < 4.78 is 41.3. The molecule has 2 aromatic carbocycles. The Morgan fingerprint density at radius 2 is 1.76 bits per heavy atom. The first-order valence-electron chi connectivity index (χ1n) is 14.9. The maximum atomic E-state index is 13.4. The molecule has 224 valence electrons. The molecule has 11 heteroatoms. The second-order valence-corrected chi connectivity index (χ2v) is 15.0. The number of amides is 2. The molecule has 7 rings (SSSR count). The van der Waals surface area contributed by atoms with Gasteiger partial charge in [-0.05, 0) is 92.3 Å². The summed E-state index contributed by atoms with van der Waals surface area (Å²) in [6.45, 7) is 3.18. The van der Waals surface area contributed by atoms with Crippen LogP contribution >= 0.6 is 11.6 Å². The number of hydrogen-bond acceptors (Lipinski definition) is 7. The van der Waals surface area contributed by atoms with Crippen LogP contribution in [0.15, 0.2) is 41.3 Å². The summed E-state index contributed by atoms with van der Waals surface area (Å²) in [5.74, 6) is 0.236. The molecule has 2 fully saturated rings. The van der Waals surface area contributed by atoms with Gasteiger partial charge in [-0.15, -0.1) is 0 Å². The van der Waals surface area contributed by atoms with Crippen molar-refractivity contribution in [1.29, 1.82) is 0 Å². The van der Waals surface area contributed by atoms with Gasteiger partial charge >= 0.3 is 6.09 Å². The fourth-order valence-corrected chi connectivity index (χ4v) is 8.54. The molecule has 2 atom stereocenters. The van der Waals surface area contributed by atoms with E-state index >= 15 is 0 Å². The van der Waals surface area contributed by atoms with E-state index in [-0.39, 0.29) is 40.8 Å². The Labute approximate surface area is 251 Å². The largest absolute Gasteiger partial charge is 0.490 e. The molecule has 2 aliphatic carbocycles. The summed E-state index contributed by atoms with van der Waals surface area (Å²) in [5.41, 5.74) is 2.59. The third-order valence-electron chi connectivity index (χ3n) is 9.93. The minimum absolute atomic E-state index is 0.0342. The monoisotopic (exact) mass is 613 g/mol. The summed E-state index contributed by atoms with van der Waals surface area (Å²) >= 11 is 6.37. The highest BCUT2D eigenvalue weighted by molar-refractivity contribution is 7.90. The first-order chi connectivity index (χ1) is 20.1. The number of carbonyl (C=O) groups excluding carboxylic acids is 2. The topological polar surface area (TPSA) is 105 Å². The number of sulfonamides is 1. The fraction of sp³-hybridized carbons (Fsp3) is 0.548. The van der Waals surface area contributed by atoms with Crippen molar-refractivity contribution in [3.05, 3.63) is 52.5 Å². The van der Waals surface area contributed by atoms with Gasteiger partial charge in [-0.2, -0.15) is 0 Å². The van der Waals surface area contributed by atoms with E-state index in [2.05, 4.69) is 15.7 Å². The van der Waals surface area contributed by atoms with Crippen molar-refractivity contribution < 1.29 is 27.5 Å². The summed E-state index contributed by atoms with van der Waals surface area (Å²) in [7, 11) is -4.09. The van der Waals surface area contributed by atoms with Crippen molar-refractivity contribution in [1.82, 2.24) is 9.62 Å². The van der Waals surface area contributed by atoms with Crippen LogP contribution in [0.25, 0.3) is 0 Å². The van der Waals surface area contributed by atoms with Gasteiger partial charge in [0, 0.05) is 48.5 Å². The van der Waals surface area contributed by atoms with Crippen molar-refractivity contribution in [3.8, 4) is 5.75 Å². The van der Waals surface area contributed by atoms with Gasteiger partial charge in [0.25, 0.3) is 10.0 Å². The zero-order chi connectivity index (χ0) is 29.1. The van der Waals surface area contributed by atoms with Gasteiger partial charge in [0.2, 0.25) is 5.91 Å². The molecule has 0 aromatic heterocycles. The molecular formula is C31H36ClN3O6S. The van der Waals surface area contributed by atoms with Gasteiger partial charge in [0.1, 0.15) is 5.75 Å². The molecular weight excluding hydrogens is 578 g/mol. The minimum Gasteiger partial charge on any atom is -0.490 e. The Balaban J connectivity index is 1.27. The number of fused-ring (bicyclic) bond motifs is 5. The Bertz CT molecular complexity index is 1540. The number of hydrogen-bond donors (Lipinski definition) is 1. The normalized spacial score (nSPS) is 28.3. The van der Waals surface area contributed by atoms with Gasteiger partial charge < -0.3 is 19.3 Å². The number of nitrogens with one attached hydrogen (secondary N) is 1. The highest BCUT2D eigenvalue weighted by Crippen LogP contribution is 2.50. The van der Waals surface area contributed by atoms with E-state index in [1.54, 1.807) is 17.0 Å². The molecule has 2 spiro atoms. The van der Waals surface area contributed by atoms with Gasteiger partial charge in [-0.25, -0.2) is 17.9 Å². The number of cyclic esters (lactones) is 1. The number of ether oxygens (including phenoxy) is 2. The predicted molar refractivity (Wildman–Crippen MR) is 157 cm³/mol. The zero-order valence-corrected chi connectivity index (χ0v) is 25.1. The van der Waals surface area contributed by atoms with Crippen LogP contribution in [0.1, 0.15) is 56.1 Å². The molecule has 1 saturated heterocycles. The van der Waals surface area contributed by atoms with E-state index in [1.807, 2.05) is 12.1 Å². The predicted octanol–water partition coefficient (Wildman–Crippen LogP) is 4.65. The molecule has 2 unspecified atom stereocenters. The molecule has 2 amide bonds. The minimum atomic E-state index is -4.09. The van der Waals surface area contributed by atoms with Crippen LogP contribution in [0.5, 0.6) is 5.75 Å². The molecule has 42 heavy (non-hydrogen) atoms. The summed E-state index contributed by atoms with van der Waals surface area (Å²) in [5, 5.41) is 0.715. The molecule has 1 N–H and O–H groups in total. The average molecular weight is 614 g/mol. The number of aryl methyl sites for hydroxylation is 1. The smallest absolute Gasteiger partial charge is 0.409 e. The number of halogens is 1. The third kappa shape index (κ3) is 5.21. The molecule has 0 radical (unpaired) electrons. The Morgan fingerprint density at radius 3 is 2.60 bits per heavy atom. The van der Waals surface area contributed by atoms with Crippen molar-refractivity contribution >= 4 is 39.3 Å². The first-order valence-corrected chi connectivity index (χ1v) is 16.8. The van der Waals surface area contributed by atoms with Gasteiger partial charge in [-0.3, -0.25) is 4.79 Å². The van der Waals surface area contributed by atoms with Crippen LogP contribution in [-0.2, 0) is 31.4 Å². The van der Waals surface area contributed by atoms with Gasteiger partial charge in [-0.1, -0.05) is 17.7 Å². The fourth-order valence-electron chi connectivity index (χ4n) is 7.31. The second kappa shape index (κ2) is 10.3. The standard InChI is InChI=1S/C31H36ClN3O6S/c32-23-3-5-25-22(14-23)2-1-9-31(25)18-35-17-21-8-13-34(16-21)29(37)41-19-30(11-12-30)10-7-28(36)33-42(38,39)24-4-6-27(40-20-31)26(35)15-24/h3-6,14-15,21H,1-2,7-13,16-20H2,(H,33,36). The number of benzene rings is 2. The zero-order valence-electron chi connectivity index (χ0n) is 23.6. The van der Waals surface area contributed by atoms with E-state index in [4.69, 9.17) is 21.1 Å². The van der Waals surface area contributed by atoms with Crippen LogP contribution in [0, 0.1) is 11.3 Å². The van der Waals surface area contributed by atoms with Gasteiger partial charge in [0.05, 0.1) is 23.8 Å². The number of rotatable bonds is 0. The van der Waals surface area contributed by atoms with Crippen LogP contribution in [-0.4, -0.2) is 64.7 Å². The first kappa shape index (κ1) is 27.8. The third-order valence-corrected chi connectivity index (χ3v) is 11.5. The van der Waals surface area contributed by atoms with Crippen molar-refractivity contribution in [2.24, 2.45) is 11.3 Å². The Morgan fingerprint density at radius 1 is 0.929 bits per heavy atom. The lowest BCUT2D eigenvalue weighted by Crippen LogP contribution is -2.47. The second-order valence-electron chi connectivity index (χ2n) is 12.9. The lowest BCUT2D eigenvalue weighted by atomic mass is 9.70. The quantitative estimate of drug-likeness (QED) is 0.461. The summed E-state index contributed by atoms with van der Waals surface area (Å²) in [4.78, 5) is 29.8. The lowest BCUT2D eigenvalue weighted by Gasteiger charge is -2.41. The molecule has 4 bridgehead atoms. The van der Waals surface area contributed by atoms with Crippen LogP contribution < -0.4 is 14.4 Å². The van der Waals surface area contributed by atoms with Gasteiger partial charge in [0.15, 0.2) is 0 Å². The highest BCUT2D eigenvalue weighted by atomic mass is 35.5. The van der Waals surface area contributed by atoms with Crippen LogP contribution in [0.4, 0.5) is 10.5 Å². The van der Waals surface area contributed by atoms with Crippen molar-refractivity contribution in [2.75, 3.05) is 44.3 Å². The maximum Gasteiger partial charge on any atom is 0.409 e. The molecule has 3 heterocycles. The van der Waals surface area contributed by atoms with E-state index < -0.39 is 15.9 Å². The van der Waals surface area contributed by atoms with Crippen molar-refractivity contribution in [2.45, 2.75) is 61.7 Å². The molecule has 5 aliphatic rings. The summed E-state index contributed by atoms with van der Waals surface area (Å²) in [6.07, 6.45) is 5.65. The Hall–Kier alpha value is -2.98. The van der Waals surface area contributed by atoms with E-state index in [1.165, 1.54) is 17.2 Å². The number of nitrogens with zero attached hydrogens (tertiary/aromatic N) is 2.